The molecule has 90 valence electrons. The molecule has 0 spiro atoms. The minimum Gasteiger partial charge on any atom is -0.492 e. The highest BCUT2D eigenvalue weighted by atomic mass is 16.5. The van der Waals surface area contributed by atoms with Gasteiger partial charge in [-0.05, 0) is 38.4 Å². The molecule has 4 heteroatoms. The molecular weight excluding hydrogens is 218 g/mol. The number of carbonyl (C=O) groups is 1. The fourth-order valence-electron chi connectivity index (χ4n) is 1.54. The molecule has 0 radical (unpaired) electrons. The predicted molar refractivity (Wildman–Crippen MR) is 65.7 cm³/mol. The molecule has 1 heterocycles. The Morgan fingerprint density at radius 2 is 2.18 bits per heavy atom. The molecule has 0 atom stereocenters. The zero-order chi connectivity index (χ0) is 12.3. The van der Waals surface area contributed by atoms with Crippen LogP contribution in [0.3, 0.4) is 0 Å². The molecule has 0 unspecified atom stereocenters. The number of furan rings is 1. The molecule has 0 saturated heterocycles. The van der Waals surface area contributed by atoms with Crippen LogP contribution in [-0.4, -0.2) is 38.4 Å². The zero-order valence-corrected chi connectivity index (χ0v) is 9.97. The molecule has 0 N–H and O–H groups in total. The van der Waals surface area contributed by atoms with E-state index in [1.54, 1.807) is 6.07 Å². The van der Waals surface area contributed by atoms with Crippen molar-refractivity contribution in [3.8, 4) is 5.75 Å². The Bertz CT molecular complexity index is 516. The number of ether oxygens (including phenoxy) is 1. The first-order valence-electron chi connectivity index (χ1n) is 5.45. The highest BCUT2D eigenvalue weighted by Crippen LogP contribution is 2.23. The Hall–Kier alpha value is -1.81. The van der Waals surface area contributed by atoms with Crippen LogP contribution in [0, 0.1) is 0 Å². The van der Waals surface area contributed by atoms with Crippen LogP contribution in [0.25, 0.3) is 11.0 Å². The number of carbonyl (C=O) groups excluding carboxylic acids is 1. The van der Waals surface area contributed by atoms with Crippen LogP contribution in [0.2, 0.25) is 0 Å². The Kier molecular flexibility index (Phi) is 3.44. The van der Waals surface area contributed by atoms with Gasteiger partial charge in [0.1, 0.15) is 17.9 Å². The first-order chi connectivity index (χ1) is 8.19. The van der Waals surface area contributed by atoms with Gasteiger partial charge in [-0.2, -0.15) is 0 Å². The molecule has 0 aliphatic heterocycles. The summed E-state index contributed by atoms with van der Waals surface area (Å²) in [4.78, 5) is 12.6. The van der Waals surface area contributed by atoms with Crippen LogP contribution in [0.1, 0.15) is 10.6 Å². The van der Waals surface area contributed by atoms with E-state index in [1.807, 2.05) is 32.3 Å². The first kappa shape index (κ1) is 11.7. The van der Waals surface area contributed by atoms with Crippen molar-refractivity contribution >= 4 is 17.3 Å². The van der Waals surface area contributed by atoms with E-state index in [2.05, 4.69) is 4.90 Å². The quantitative estimate of drug-likeness (QED) is 0.742. The number of fused-ring (bicyclic) bond motifs is 1. The fraction of sp³-hybridized carbons (Fsp3) is 0.308. The molecule has 2 rings (SSSR count). The molecule has 0 bridgehead atoms. The third-order valence-electron chi connectivity index (χ3n) is 2.43. The molecule has 1 aromatic heterocycles. The highest BCUT2D eigenvalue weighted by molar-refractivity contribution is 5.85. The van der Waals surface area contributed by atoms with E-state index in [1.165, 1.54) is 0 Å². The summed E-state index contributed by atoms with van der Waals surface area (Å²) in [5.41, 5.74) is 0.701. The van der Waals surface area contributed by atoms with Crippen LogP contribution >= 0.6 is 0 Å². The standard InChI is InChI=1S/C13H15NO3/c1-14(2)5-6-16-11-3-4-13-10(7-11)8-12(9-15)17-13/h3-4,7-9H,5-6H2,1-2H3. The van der Waals surface area contributed by atoms with E-state index < -0.39 is 0 Å². The number of likely N-dealkylation sites (N-methyl/N-ethyl adjacent to an activating group) is 1. The smallest absolute Gasteiger partial charge is 0.185 e. The number of hydrogen-bond donors (Lipinski definition) is 0. The van der Waals surface area contributed by atoms with Gasteiger partial charge in [0.2, 0.25) is 0 Å². The predicted octanol–water partition coefficient (Wildman–Crippen LogP) is 2.19. The maximum absolute atomic E-state index is 10.6. The molecule has 17 heavy (non-hydrogen) atoms. The normalized spacial score (nSPS) is 11.0. The number of nitrogens with zero attached hydrogens (tertiary/aromatic N) is 1. The van der Waals surface area contributed by atoms with Crippen molar-refractivity contribution in [1.29, 1.82) is 0 Å². The molecular formula is C13H15NO3. The average Bonchev–Trinajstić information content (AvgIpc) is 2.70. The van der Waals surface area contributed by atoms with Crippen molar-refractivity contribution in [2.75, 3.05) is 27.2 Å². The van der Waals surface area contributed by atoms with E-state index in [9.17, 15) is 4.79 Å². The van der Waals surface area contributed by atoms with Gasteiger partial charge in [0.25, 0.3) is 0 Å². The van der Waals surface area contributed by atoms with Crippen molar-refractivity contribution in [1.82, 2.24) is 4.90 Å². The Morgan fingerprint density at radius 3 is 2.88 bits per heavy atom. The maximum Gasteiger partial charge on any atom is 0.185 e. The Labute approximate surface area is 99.8 Å². The van der Waals surface area contributed by atoms with Gasteiger partial charge >= 0.3 is 0 Å². The van der Waals surface area contributed by atoms with Gasteiger partial charge in [-0.15, -0.1) is 0 Å². The lowest BCUT2D eigenvalue weighted by molar-refractivity contribution is 0.110. The van der Waals surface area contributed by atoms with E-state index in [-0.39, 0.29) is 0 Å². The second-order valence-electron chi connectivity index (χ2n) is 4.12. The lowest BCUT2D eigenvalue weighted by Gasteiger charge is -2.10. The number of benzene rings is 1. The molecule has 1 aromatic carbocycles. The minimum atomic E-state index is 0.338. The van der Waals surface area contributed by atoms with Crippen molar-refractivity contribution < 1.29 is 13.9 Å². The van der Waals surface area contributed by atoms with Gasteiger partial charge in [0.05, 0.1) is 0 Å². The Balaban J connectivity index is 2.11. The van der Waals surface area contributed by atoms with Gasteiger partial charge in [0, 0.05) is 11.9 Å². The van der Waals surface area contributed by atoms with Crippen molar-refractivity contribution in [3.05, 3.63) is 30.0 Å². The van der Waals surface area contributed by atoms with Crippen molar-refractivity contribution in [3.63, 3.8) is 0 Å². The minimum absolute atomic E-state index is 0.338. The zero-order valence-electron chi connectivity index (χ0n) is 9.97. The third kappa shape index (κ3) is 2.85. The van der Waals surface area contributed by atoms with Crippen LogP contribution in [0.5, 0.6) is 5.75 Å². The van der Waals surface area contributed by atoms with Crippen LogP contribution in [-0.2, 0) is 0 Å². The number of hydrogen-bond acceptors (Lipinski definition) is 4. The summed E-state index contributed by atoms with van der Waals surface area (Å²) in [6, 6.07) is 7.24. The van der Waals surface area contributed by atoms with Crippen LogP contribution < -0.4 is 4.74 Å². The molecule has 0 aliphatic rings. The molecule has 0 saturated carbocycles. The van der Waals surface area contributed by atoms with Gasteiger partial charge in [0.15, 0.2) is 12.0 Å². The van der Waals surface area contributed by atoms with E-state index in [0.29, 0.717) is 24.2 Å². The summed E-state index contributed by atoms with van der Waals surface area (Å²) in [5, 5.41) is 0.884. The van der Waals surface area contributed by atoms with Gasteiger partial charge < -0.3 is 14.1 Å². The molecule has 0 fully saturated rings. The number of aldehydes is 1. The maximum atomic E-state index is 10.6. The van der Waals surface area contributed by atoms with Crippen LogP contribution in [0.4, 0.5) is 0 Å². The first-order valence-corrected chi connectivity index (χ1v) is 5.45. The number of rotatable bonds is 5. The summed E-state index contributed by atoms with van der Waals surface area (Å²) in [7, 11) is 4.00. The molecule has 0 aliphatic carbocycles. The third-order valence-corrected chi connectivity index (χ3v) is 2.43. The van der Waals surface area contributed by atoms with Crippen LogP contribution in [0.15, 0.2) is 28.7 Å². The summed E-state index contributed by atoms with van der Waals surface area (Å²) < 4.78 is 10.9. The average molecular weight is 233 g/mol. The van der Waals surface area contributed by atoms with E-state index in [4.69, 9.17) is 9.15 Å². The van der Waals surface area contributed by atoms with E-state index in [0.717, 1.165) is 17.7 Å². The molecule has 0 amide bonds. The topological polar surface area (TPSA) is 42.7 Å². The lowest BCUT2D eigenvalue weighted by Crippen LogP contribution is -2.19. The Morgan fingerprint density at radius 1 is 1.35 bits per heavy atom. The summed E-state index contributed by atoms with van der Waals surface area (Å²) in [5.74, 6) is 1.13. The van der Waals surface area contributed by atoms with Gasteiger partial charge in [-0.25, -0.2) is 0 Å². The van der Waals surface area contributed by atoms with Gasteiger partial charge in [-0.3, -0.25) is 4.79 Å². The molecule has 2 aromatic rings. The second-order valence-corrected chi connectivity index (χ2v) is 4.12. The fourth-order valence-corrected chi connectivity index (χ4v) is 1.54. The summed E-state index contributed by atoms with van der Waals surface area (Å²) >= 11 is 0. The monoisotopic (exact) mass is 233 g/mol. The SMILES string of the molecule is CN(C)CCOc1ccc2oc(C=O)cc2c1. The van der Waals surface area contributed by atoms with E-state index >= 15 is 0 Å². The summed E-state index contributed by atoms with van der Waals surface area (Å²) in [6.07, 6.45) is 0.701. The largest absolute Gasteiger partial charge is 0.492 e. The summed E-state index contributed by atoms with van der Waals surface area (Å²) in [6.45, 7) is 1.50. The molecule has 4 nitrogen and oxygen atoms in total. The van der Waals surface area contributed by atoms with Gasteiger partial charge in [-0.1, -0.05) is 0 Å². The lowest BCUT2D eigenvalue weighted by atomic mass is 10.2. The van der Waals surface area contributed by atoms with Crippen molar-refractivity contribution in [2.45, 2.75) is 0 Å². The second kappa shape index (κ2) is 5.01. The highest BCUT2D eigenvalue weighted by Gasteiger charge is 2.04. The van der Waals surface area contributed by atoms with Crippen molar-refractivity contribution in [2.24, 2.45) is 0 Å².